The van der Waals surface area contributed by atoms with E-state index in [1.165, 1.54) is 7.11 Å². The Morgan fingerprint density at radius 3 is 2.58 bits per heavy atom. The van der Waals surface area contributed by atoms with Gasteiger partial charge in [0.25, 0.3) is 0 Å². The summed E-state index contributed by atoms with van der Waals surface area (Å²) >= 11 is 6.01. The number of benzene rings is 2. The molecule has 0 bridgehead atoms. The van der Waals surface area contributed by atoms with Gasteiger partial charge in [-0.3, -0.25) is 0 Å². The third-order valence-corrected chi connectivity index (χ3v) is 3.68. The molecular weight excluding hydrogens is 330 g/mol. The molecule has 0 atom stereocenters. The number of para-hydroxylation sites is 1. The van der Waals surface area contributed by atoms with E-state index in [0.717, 1.165) is 5.56 Å². The molecule has 0 saturated heterocycles. The minimum Gasteiger partial charge on any atom is -0.496 e. The van der Waals surface area contributed by atoms with E-state index in [-0.39, 0.29) is 11.6 Å². The molecule has 3 rings (SSSR count). The molecule has 1 aliphatic heterocycles. The van der Waals surface area contributed by atoms with Crippen molar-refractivity contribution in [3.8, 4) is 11.5 Å². The number of carbonyl (C=O) groups excluding carboxylic acids is 1. The van der Waals surface area contributed by atoms with Crippen molar-refractivity contribution in [2.24, 2.45) is 4.99 Å². The lowest BCUT2D eigenvalue weighted by atomic mass is 10.1. The van der Waals surface area contributed by atoms with Crippen LogP contribution in [0, 0.1) is 0 Å². The molecule has 0 spiro atoms. The highest BCUT2D eigenvalue weighted by atomic mass is 35.5. The van der Waals surface area contributed by atoms with E-state index < -0.39 is 5.97 Å². The summed E-state index contributed by atoms with van der Waals surface area (Å²) in [6.45, 7) is 0. The van der Waals surface area contributed by atoms with Crippen LogP contribution in [0.15, 0.2) is 53.2 Å². The maximum absolute atomic E-state index is 12.1. The second-order valence-electron chi connectivity index (χ2n) is 4.92. The summed E-state index contributed by atoms with van der Waals surface area (Å²) in [6.07, 6.45) is 1.62. The minimum absolute atomic E-state index is 0.153. The van der Waals surface area contributed by atoms with E-state index in [0.29, 0.717) is 22.1 Å². The van der Waals surface area contributed by atoms with Crippen LogP contribution >= 0.6 is 11.6 Å². The second kappa shape index (κ2) is 6.76. The number of nitrogens with zero attached hydrogens (tertiary/aromatic N) is 1. The van der Waals surface area contributed by atoms with Crippen LogP contribution in [-0.4, -0.2) is 26.1 Å². The highest BCUT2D eigenvalue weighted by molar-refractivity contribution is 6.31. The maximum atomic E-state index is 12.1. The smallest absolute Gasteiger partial charge is 0.363 e. The third kappa shape index (κ3) is 3.12. The van der Waals surface area contributed by atoms with Crippen molar-refractivity contribution in [3.63, 3.8) is 0 Å². The van der Waals surface area contributed by atoms with E-state index in [1.807, 2.05) is 18.2 Å². The number of halogens is 1. The summed E-state index contributed by atoms with van der Waals surface area (Å²) in [7, 11) is 3.09. The average molecular weight is 344 g/mol. The zero-order valence-electron chi connectivity index (χ0n) is 13.1. The summed E-state index contributed by atoms with van der Waals surface area (Å²) in [5, 5.41) is 0.492. The van der Waals surface area contributed by atoms with Gasteiger partial charge < -0.3 is 14.2 Å². The van der Waals surface area contributed by atoms with Crippen LogP contribution in [0.3, 0.4) is 0 Å². The molecule has 0 unspecified atom stereocenters. The van der Waals surface area contributed by atoms with Crippen LogP contribution in [0.5, 0.6) is 11.5 Å². The first-order chi connectivity index (χ1) is 11.6. The van der Waals surface area contributed by atoms with Crippen molar-refractivity contribution in [2.45, 2.75) is 0 Å². The number of hydrogen-bond acceptors (Lipinski definition) is 5. The van der Waals surface area contributed by atoms with Crippen molar-refractivity contribution in [1.29, 1.82) is 0 Å². The van der Waals surface area contributed by atoms with E-state index in [4.69, 9.17) is 25.8 Å². The first kappa shape index (κ1) is 16.1. The zero-order valence-corrected chi connectivity index (χ0v) is 13.8. The molecule has 2 aromatic carbocycles. The molecule has 0 amide bonds. The monoisotopic (exact) mass is 343 g/mol. The van der Waals surface area contributed by atoms with Gasteiger partial charge in [-0.1, -0.05) is 29.8 Å². The van der Waals surface area contributed by atoms with Crippen LogP contribution in [0.1, 0.15) is 11.1 Å². The molecular formula is C18H14ClNO4. The molecule has 0 radical (unpaired) electrons. The number of ether oxygens (including phenoxy) is 3. The predicted molar refractivity (Wildman–Crippen MR) is 91.6 cm³/mol. The van der Waals surface area contributed by atoms with Gasteiger partial charge in [0.15, 0.2) is 5.70 Å². The molecule has 0 saturated carbocycles. The Morgan fingerprint density at radius 1 is 1.08 bits per heavy atom. The molecule has 24 heavy (non-hydrogen) atoms. The van der Waals surface area contributed by atoms with Gasteiger partial charge >= 0.3 is 5.97 Å². The molecule has 0 fully saturated rings. The van der Waals surface area contributed by atoms with Gasteiger partial charge in [-0.25, -0.2) is 9.79 Å². The van der Waals surface area contributed by atoms with Crippen molar-refractivity contribution in [3.05, 3.63) is 64.3 Å². The number of cyclic esters (lactones) is 1. The standard InChI is InChI=1S/C18H14ClNO4/c1-22-15-6-4-3-5-11(15)9-14-18(21)24-17(20-14)13-10-12(19)7-8-16(13)23-2/h3-10H,1-2H3/b14-9+. The van der Waals surface area contributed by atoms with E-state index in [1.54, 1.807) is 37.5 Å². The number of hydrogen-bond donors (Lipinski definition) is 0. The van der Waals surface area contributed by atoms with Gasteiger partial charge in [0.1, 0.15) is 11.5 Å². The Morgan fingerprint density at radius 2 is 1.83 bits per heavy atom. The lowest BCUT2D eigenvalue weighted by molar-refractivity contribution is -0.129. The van der Waals surface area contributed by atoms with Crippen LogP contribution in [0.2, 0.25) is 5.02 Å². The topological polar surface area (TPSA) is 57.1 Å². The second-order valence-corrected chi connectivity index (χ2v) is 5.36. The van der Waals surface area contributed by atoms with Gasteiger partial charge in [-0.05, 0) is 30.3 Å². The number of methoxy groups -OCH3 is 2. The maximum Gasteiger partial charge on any atom is 0.363 e. The molecule has 0 aliphatic carbocycles. The van der Waals surface area contributed by atoms with Crippen LogP contribution in [0.4, 0.5) is 0 Å². The minimum atomic E-state index is -0.544. The van der Waals surface area contributed by atoms with Crippen LogP contribution < -0.4 is 9.47 Å². The fourth-order valence-electron chi connectivity index (χ4n) is 2.30. The van der Waals surface area contributed by atoms with Crippen LogP contribution in [-0.2, 0) is 9.53 Å². The third-order valence-electron chi connectivity index (χ3n) is 3.44. The van der Waals surface area contributed by atoms with Gasteiger partial charge in [-0.15, -0.1) is 0 Å². The van der Waals surface area contributed by atoms with Crippen molar-refractivity contribution < 1.29 is 19.0 Å². The summed E-state index contributed by atoms with van der Waals surface area (Å²) in [6, 6.07) is 12.3. The number of rotatable bonds is 4. The SMILES string of the molecule is COc1ccccc1/C=C1/N=C(c2cc(Cl)ccc2OC)OC1=O. The van der Waals surface area contributed by atoms with Gasteiger partial charge in [-0.2, -0.15) is 0 Å². The molecule has 0 N–H and O–H groups in total. The highest BCUT2D eigenvalue weighted by Gasteiger charge is 2.26. The Bertz CT molecular complexity index is 858. The normalized spacial score (nSPS) is 15.2. The summed E-state index contributed by atoms with van der Waals surface area (Å²) in [5.74, 6) is 0.768. The van der Waals surface area contributed by atoms with E-state index >= 15 is 0 Å². The largest absolute Gasteiger partial charge is 0.496 e. The van der Waals surface area contributed by atoms with Gasteiger partial charge in [0, 0.05) is 10.6 Å². The van der Waals surface area contributed by atoms with Crippen molar-refractivity contribution in [1.82, 2.24) is 0 Å². The Kier molecular flexibility index (Phi) is 4.53. The summed E-state index contributed by atoms with van der Waals surface area (Å²) < 4.78 is 15.8. The first-order valence-electron chi connectivity index (χ1n) is 7.12. The zero-order chi connectivity index (χ0) is 17.1. The van der Waals surface area contributed by atoms with Gasteiger partial charge in [0.2, 0.25) is 5.90 Å². The quantitative estimate of drug-likeness (QED) is 0.627. The first-order valence-corrected chi connectivity index (χ1v) is 7.49. The number of carbonyl (C=O) groups is 1. The fraction of sp³-hybridized carbons (Fsp3) is 0.111. The lowest BCUT2D eigenvalue weighted by Crippen LogP contribution is -2.07. The number of aliphatic imine (C=N–C) groups is 1. The lowest BCUT2D eigenvalue weighted by Gasteiger charge is -2.07. The predicted octanol–water partition coefficient (Wildman–Crippen LogP) is 3.70. The molecule has 5 nitrogen and oxygen atoms in total. The van der Waals surface area contributed by atoms with Gasteiger partial charge in [0.05, 0.1) is 19.8 Å². The average Bonchev–Trinajstić information content (AvgIpc) is 2.96. The molecule has 1 aliphatic rings. The van der Waals surface area contributed by atoms with E-state index in [2.05, 4.69) is 4.99 Å². The van der Waals surface area contributed by atoms with Crippen molar-refractivity contribution in [2.75, 3.05) is 14.2 Å². The van der Waals surface area contributed by atoms with Crippen LogP contribution in [0.25, 0.3) is 6.08 Å². The molecule has 6 heteroatoms. The number of esters is 1. The van der Waals surface area contributed by atoms with Crippen molar-refractivity contribution >= 4 is 29.5 Å². The highest BCUT2D eigenvalue weighted by Crippen LogP contribution is 2.29. The molecule has 0 aromatic heterocycles. The summed E-state index contributed by atoms with van der Waals surface area (Å²) in [4.78, 5) is 16.4. The summed E-state index contributed by atoms with van der Waals surface area (Å²) in [5.41, 5.74) is 1.42. The molecule has 2 aromatic rings. The van der Waals surface area contributed by atoms with E-state index in [9.17, 15) is 4.79 Å². The molecule has 122 valence electrons. The molecule has 1 heterocycles. The Balaban J connectivity index is 2.02. The Hall–Kier alpha value is -2.79. The fourth-order valence-corrected chi connectivity index (χ4v) is 2.48. The Labute approximate surface area is 144 Å².